The van der Waals surface area contributed by atoms with Gasteiger partial charge in [0.2, 0.25) is 5.91 Å². The molecule has 0 unspecified atom stereocenters. The highest BCUT2D eigenvalue weighted by Crippen LogP contribution is 2.21. The van der Waals surface area contributed by atoms with Crippen molar-refractivity contribution >= 4 is 34.8 Å². The molecule has 0 aromatic heterocycles. The summed E-state index contributed by atoms with van der Waals surface area (Å²) in [4.78, 5) is 12.1. The van der Waals surface area contributed by atoms with Crippen LogP contribution in [-0.2, 0) is 11.2 Å². The number of hydrazone groups is 1. The maximum Gasteiger partial charge on any atom is 0.244 e. The summed E-state index contributed by atoms with van der Waals surface area (Å²) in [5.41, 5.74) is 7.13. The monoisotopic (exact) mass is 348 g/mol. The van der Waals surface area contributed by atoms with E-state index in [0.717, 1.165) is 11.1 Å². The zero-order valence-corrected chi connectivity index (χ0v) is 14.8. The number of nitrogens with zero attached hydrogens (tertiary/aromatic N) is 1. The molecule has 0 radical (unpaired) electrons. The molecule has 0 bridgehead atoms. The number of hydrogen-bond acceptors (Lipinski definition) is 2. The van der Waals surface area contributed by atoms with Crippen molar-refractivity contribution in [3.63, 3.8) is 0 Å². The first-order valence-electron chi connectivity index (χ1n) is 7.21. The van der Waals surface area contributed by atoms with Crippen molar-refractivity contribution in [2.75, 3.05) is 0 Å². The Hall–Kier alpha value is -1.84. The number of amides is 1. The van der Waals surface area contributed by atoms with Crippen LogP contribution in [0.2, 0.25) is 10.0 Å². The molecule has 0 fully saturated rings. The normalized spacial score (nSPS) is 11.4. The Morgan fingerprint density at radius 1 is 1.13 bits per heavy atom. The third-order valence-corrected chi connectivity index (χ3v) is 4.08. The molecular formula is C18H18Cl2N2O. The second-order valence-corrected chi connectivity index (χ2v) is 6.31. The van der Waals surface area contributed by atoms with Gasteiger partial charge in [0.15, 0.2) is 0 Å². The Morgan fingerprint density at radius 2 is 1.87 bits per heavy atom. The van der Waals surface area contributed by atoms with Gasteiger partial charge < -0.3 is 0 Å². The molecule has 0 heterocycles. The van der Waals surface area contributed by atoms with Crippen LogP contribution in [0.15, 0.2) is 41.5 Å². The van der Waals surface area contributed by atoms with E-state index in [1.165, 1.54) is 5.56 Å². The lowest BCUT2D eigenvalue weighted by atomic mass is 10.0. The van der Waals surface area contributed by atoms with Gasteiger partial charge in [0.25, 0.3) is 0 Å². The Balaban J connectivity index is 2.06. The van der Waals surface area contributed by atoms with E-state index >= 15 is 0 Å². The molecule has 0 aliphatic rings. The zero-order valence-electron chi connectivity index (χ0n) is 13.3. The molecule has 0 spiro atoms. The Bertz CT molecular complexity index is 770. The summed E-state index contributed by atoms with van der Waals surface area (Å²) < 4.78 is 0. The Kier molecular flexibility index (Phi) is 5.80. The van der Waals surface area contributed by atoms with Crippen LogP contribution in [0.4, 0.5) is 0 Å². The summed E-state index contributed by atoms with van der Waals surface area (Å²) in [6.45, 7) is 5.80. The van der Waals surface area contributed by atoms with Crippen LogP contribution >= 0.6 is 23.2 Å². The van der Waals surface area contributed by atoms with Crippen molar-refractivity contribution in [1.82, 2.24) is 5.43 Å². The number of benzene rings is 2. The maximum atomic E-state index is 12.1. The summed E-state index contributed by atoms with van der Waals surface area (Å²) in [6.07, 6.45) is 0.284. The lowest BCUT2D eigenvalue weighted by Crippen LogP contribution is -2.21. The van der Waals surface area contributed by atoms with Gasteiger partial charge in [0, 0.05) is 15.6 Å². The molecule has 0 saturated heterocycles. The molecule has 0 atom stereocenters. The predicted octanol–water partition coefficient (Wildman–Crippen LogP) is 4.69. The van der Waals surface area contributed by atoms with Crippen LogP contribution in [0.3, 0.4) is 0 Å². The van der Waals surface area contributed by atoms with E-state index < -0.39 is 0 Å². The molecule has 2 rings (SSSR count). The van der Waals surface area contributed by atoms with Gasteiger partial charge in [-0.25, -0.2) is 5.43 Å². The van der Waals surface area contributed by atoms with Gasteiger partial charge in [-0.15, -0.1) is 0 Å². The smallest absolute Gasteiger partial charge is 0.244 e. The SMILES string of the molecule is C/C(=N/NC(=O)Cc1ccc(C)cc1C)c1cc(Cl)ccc1Cl. The molecule has 2 aromatic rings. The minimum atomic E-state index is -0.172. The molecule has 1 amide bonds. The molecule has 0 aliphatic carbocycles. The Morgan fingerprint density at radius 3 is 2.57 bits per heavy atom. The van der Waals surface area contributed by atoms with Crippen molar-refractivity contribution in [2.45, 2.75) is 27.2 Å². The second kappa shape index (κ2) is 7.62. The number of halogens is 2. The first kappa shape index (κ1) is 17.5. The van der Waals surface area contributed by atoms with Crippen LogP contribution in [0.1, 0.15) is 29.2 Å². The molecule has 2 aromatic carbocycles. The molecule has 3 nitrogen and oxygen atoms in total. The van der Waals surface area contributed by atoms with Crippen LogP contribution in [0.25, 0.3) is 0 Å². The van der Waals surface area contributed by atoms with E-state index in [1.54, 1.807) is 25.1 Å². The van der Waals surface area contributed by atoms with Crippen molar-refractivity contribution in [1.29, 1.82) is 0 Å². The number of aryl methyl sites for hydroxylation is 2. The predicted molar refractivity (Wildman–Crippen MR) is 96.4 cm³/mol. The average Bonchev–Trinajstić information content (AvgIpc) is 2.50. The van der Waals surface area contributed by atoms with E-state index in [0.29, 0.717) is 21.3 Å². The average molecular weight is 349 g/mol. The van der Waals surface area contributed by atoms with E-state index in [9.17, 15) is 4.79 Å². The van der Waals surface area contributed by atoms with Crippen molar-refractivity contribution in [3.05, 3.63) is 68.7 Å². The highest BCUT2D eigenvalue weighted by molar-refractivity contribution is 6.36. The van der Waals surface area contributed by atoms with Gasteiger partial charge in [0.05, 0.1) is 12.1 Å². The zero-order chi connectivity index (χ0) is 17.0. The second-order valence-electron chi connectivity index (χ2n) is 5.46. The van der Waals surface area contributed by atoms with Gasteiger partial charge in [-0.3, -0.25) is 4.79 Å². The number of rotatable bonds is 4. The number of carbonyl (C=O) groups excluding carboxylic acids is 1. The molecule has 120 valence electrons. The van der Waals surface area contributed by atoms with E-state index in [1.807, 2.05) is 26.0 Å². The third-order valence-electron chi connectivity index (χ3n) is 3.52. The standard InChI is InChI=1S/C18H18Cl2N2O/c1-11-4-5-14(12(2)8-11)9-18(23)22-21-13(3)16-10-15(19)6-7-17(16)20/h4-8,10H,9H2,1-3H3,(H,22,23)/b21-13-. The van der Waals surface area contributed by atoms with Gasteiger partial charge >= 0.3 is 0 Å². The minimum absolute atomic E-state index is 0.172. The lowest BCUT2D eigenvalue weighted by Gasteiger charge is -2.07. The summed E-state index contributed by atoms with van der Waals surface area (Å²) in [5.74, 6) is -0.172. The van der Waals surface area contributed by atoms with Crippen LogP contribution in [-0.4, -0.2) is 11.6 Å². The lowest BCUT2D eigenvalue weighted by molar-refractivity contribution is -0.120. The molecule has 5 heteroatoms. The first-order chi connectivity index (χ1) is 10.9. The first-order valence-corrected chi connectivity index (χ1v) is 7.97. The Labute approximate surface area is 146 Å². The topological polar surface area (TPSA) is 41.5 Å². The number of hydrogen-bond donors (Lipinski definition) is 1. The highest BCUT2D eigenvalue weighted by Gasteiger charge is 2.08. The molecule has 1 N–H and O–H groups in total. The molecule has 0 aliphatic heterocycles. The van der Waals surface area contributed by atoms with E-state index in [2.05, 4.69) is 16.6 Å². The fourth-order valence-electron chi connectivity index (χ4n) is 2.24. The van der Waals surface area contributed by atoms with Gasteiger partial charge in [-0.1, -0.05) is 47.0 Å². The van der Waals surface area contributed by atoms with Gasteiger partial charge in [-0.05, 0) is 50.1 Å². The third kappa shape index (κ3) is 4.81. The van der Waals surface area contributed by atoms with Crippen LogP contribution in [0.5, 0.6) is 0 Å². The van der Waals surface area contributed by atoms with E-state index in [4.69, 9.17) is 23.2 Å². The van der Waals surface area contributed by atoms with Crippen LogP contribution in [0, 0.1) is 13.8 Å². The number of nitrogens with one attached hydrogen (secondary N) is 1. The summed E-state index contributed by atoms with van der Waals surface area (Å²) in [6, 6.07) is 11.2. The van der Waals surface area contributed by atoms with Crippen molar-refractivity contribution < 1.29 is 4.79 Å². The summed E-state index contributed by atoms with van der Waals surface area (Å²) in [7, 11) is 0. The largest absolute Gasteiger partial charge is 0.273 e. The maximum absolute atomic E-state index is 12.1. The van der Waals surface area contributed by atoms with Crippen molar-refractivity contribution in [3.8, 4) is 0 Å². The highest BCUT2D eigenvalue weighted by atomic mass is 35.5. The number of carbonyl (C=O) groups is 1. The van der Waals surface area contributed by atoms with Crippen LogP contribution < -0.4 is 5.43 Å². The quantitative estimate of drug-likeness (QED) is 0.631. The van der Waals surface area contributed by atoms with Crippen molar-refractivity contribution in [2.24, 2.45) is 5.10 Å². The summed E-state index contributed by atoms with van der Waals surface area (Å²) >= 11 is 12.1. The fourth-order valence-corrected chi connectivity index (χ4v) is 2.66. The molecule has 23 heavy (non-hydrogen) atoms. The van der Waals surface area contributed by atoms with E-state index in [-0.39, 0.29) is 12.3 Å². The van der Waals surface area contributed by atoms with Gasteiger partial charge in [0.1, 0.15) is 0 Å². The molecular weight excluding hydrogens is 331 g/mol. The van der Waals surface area contributed by atoms with Gasteiger partial charge in [-0.2, -0.15) is 5.10 Å². The minimum Gasteiger partial charge on any atom is -0.273 e. The molecule has 0 saturated carbocycles. The fraction of sp³-hybridized carbons (Fsp3) is 0.222. The summed E-state index contributed by atoms with van der Waals surface area (Å²) in [5, 5.41) is 5.22.